The molecule has 0 amide bonds. The molecule has 0 radical (unpaired) electrons. The fraction of sp³-hybridized carbons (Fsp3) is 0.394. The van der Waals surface area contributed by atoms with Crippen LogP contribution in [0.4, 0.5) is 0 Å². The van der Waals surface area contributed by atoms with E-state index in [4.69, 9.17) is 6.13 Å². The third-order valence-corrected chi connectivity index (χ3v) is 13.9. The maximum atomic E-state index is 13.6. The Labute approximate surface area is 232 Å². The molecule has 38 heavy (non-hydrogen) atoms. The van der Waals surface area contributed by atoms with Crippen LogP contribution in [-0.2, 0) is 26.6 Å². The van der Waals surface area contributed by atoms with Crippen LogP contribution in [0.5, 0.6) is 0 Å². The molecule has 0 saturated heterocycles. The van der Waals surface area contributed by atoms with Crippen molar-refractivity contribution in [1.82, 2.24) is 0 Å². The predicted molar refractivity (Wildman–Crippen MR) is 154 cm³/mol. The number of hydrogen-bond acceptors (Lipinski definition) is 4. The van der Waals surface area contributed by atoms with Crippen LogP contribution in [0.25, 0.3) is 0 Å². The number of hydrogen-bond donors (Lipinski definition) is 0. The van der Waals surface area contributed by atoms with Crippen LogP contribution >= 0.6 is 20.6 Å². The topological polar surface area (TPSA) is 52.6 Å². The van der Waals surface area contributed by atoms with Crippen molar-refractivity contribution in [2.45, 2.75) is 70.1 Å². The van der Waals surface area contributed by atoms with Crippen LogP contribution in [0.2, 0.25) is 0 Å². The Morgan fingerprint density at radius 3 is 1.37 bits per heavy atom. The van der Waals surface area contributed by atoms with Crippen LogP contribution in [0.15, 0.2) is 72.8 Å². The number of rotatable bonds is 7. The summed E-state index contributed by atoms with van der Waals surface area (Å²) in [6.07, 6.45) is 4.98. The molecule has 4 bridgehead atoms. The van der Waals surface area contributed by atoms with Gasteiger partial charge in [-0.2, -0.15) is 0 Å². The van der Waals surface area contributed by atoms with E-state index < -0.39 is 31.5 Å². The molecular weight excluding hydrogens is 587 g/mol. The molecule has 0 N–H and O–H groups in total. The molecular formula is C33H33IO4. The first kappa shape index (κ1) is 24.4. The SMILES string of the molecule is Cc1cc(C)c(I(OC(=O)C23CC(c4ccccc4)(C2)C3)OC(=O)C23CC(c4ccccc4)(C2)C3)c(C)c1. The average molecular weight is 621 g/mol. The summed E-state index contributed by atoms with van der Waals surface area (Å²) in [4.78, 5) is 27.2. The molecule has 6 saturated carbocycles. The summed E-state index contributed by atoms with van der Waals surface area (Å²) in [5, 5.41) is 0. The molecule has 0 atom stereocenters. The molecule has 4 nitrogen and oxygen atoms in total. The van der Waals surface area contributed by atoms with Gasteiger partial charge in [0.05, 0.1) is 0 Å². The van der Waals surface area contributed by atoms with Gasteiger partial charge >= 0.3 is 233 Å². The van der Waals surface area contributed by atoms with Crippen molar-refractivity contribution in [2.75, 3.05) is 0 Å². The van der Waals surface area contributed by atoms with E-state index in [1.165, 1.54) is 11.1 Å². The second-order valence-corrected chi connectivity index (χ2v) is 15.8. The standard InChI is InChI=1S/C33H33IO4/c1-22-14-23(2)27(24(3)15-22)34(37-28(35)32-16-30(17-32,18-32)25-10-6-4-7-11-25)38-29(36)33-19-31(20-33,21-33)26-12-8-5-9-13-26/h4-15H,16-21H2,1-3H3. The van der Waals surface area contributed by atoms with Gasteiger partial charge in [-0.1, -0.05) is 0 Å². The van der Waals surface area contributed by atoms with E-state index in [1.54, 1.807) is 0 Å². The monoisotopic (exact) mass is 620 g/mol. The summed E-state index contributed by atoms with van der Waals surface area (Å²) in [5.41, 5.74) is 5.28. The summed E-state index contributed by atoms with van der Waals surface area (Å²) in [6.45, 7) is 6.15. The zero-order valence-electron chi connectivity index (χ0n) is 22.2. The van der Waals surface area contributed by atoms with Gasteiger partial charge in [0.25, 0.3) is 0 Å². The molecule has 0 aromatic heterocycles. The Hall–Kier alpha value is -2.67. The van der Waals surface area contributed by atoms with E-state index >= 15 is 0 Å². The average Bonchev–Trinajstić information content (AvgIpc) is 2.76. The van der Waals surface area contributed by atoms with Crippen LogP contribution in [0, 0.1) is 35.2 Å². The van der Waals surface area contributed by atoms with Crippen LogP contribution in [0.1, 0.15) is 66.3 Å². The summed E-state index contributed by atoms with van der Waals surface area (Å²) in [5.74, 6) is -0.322. The first-order valence-electron chi connectivity index (χ1n) is 13.5. The molecule has 0 aliphatic heterocycles. The number of carbonyl (C=O) groups excluding carboxylic acids is 2. The maximum absolute atomic E-state index is 13.6. The fourth-order valence-corrected chi connectivity index (χ4v) is 11.9. The number of benzene rings is 3. The Morgan fingerprint density at radius 2 is 1.00 bits per heavy atom. The van der Waals surface area contributed by atoms with Gasteiger partial charge in [-0.25, -0.2) is 0 Å². The predicted octanol–water partition coefficient (Wildman–Crippen LogP) is 7.45. The molecule has 9 rings (SSSR count). The van der Waals surface area contributed by atoms with Crippen LogP contribution in [0.3, 0.4) is 0 Å². The van der Waals surface area contributed by atoms with E-state index in [-0.39, 0.29) is 22.8 Å². The van der Waals surface area contributed by atoms with Gasteiger partial charge in [0.15, 0.2) is 0 Å². The van der Waals surface area contributed by atoms with E-state index in [1.807, 2.05) is 26.0 Å². The van der Waals surface area contributed by atoms with Gasteiger partial charge in [-0.15, -0.1) is 0 Å². The van der Waals surface area contributed by atoms with Crippen molar-refractivity contribution in [2.24, 2.45) is 10.8 Å². The van der Waals surface area contributed by atoms with Crippen molar-refractivity contribution < 1.29 is 15.7 Å². The Bertz CT molecular complexity index is 1310. The minimum absolute atomic E-state index is 0.114. The number of carbonyl (C=O) groups is 2. The van der Waals surface area contributed by atoms with Crippen molar-refractivity contribution in [3.63, 3.8) is 0 Å². The zero-order valence-corrected chi connectivity index (χ0v) is 24.3. The van der Waals surface area contributed by atoms with Gasteiger partial charge in [-0.3, -0.25) is 0 Å². The Balaban J connectivity index is 1.10. The number of aryl methyl sites for hydroxylation is 3. The molecule has 5 heteroatoms. The van der Waals surface area contributed by atoms with Crippen molar-refractivity contribution in [1.29, 1.82) is 0 Å². The summed E-state index contributed by atoms with van der Waals surface area (Å²) >= 11 is -3.04. The zero-order chi connectivity index (χ0) is 26.3. The second-order valence-electron chi connectivity index (χ2n) is 12.6. The van der Waals surface area contributed by atoms with Gasteiger partial charge in [-0.05, 0) is 0 Å². The summed E-state index contributed by atoms with van der Waals surface area (Å²) in [6, 6.07) is 25.2. The Morgan fingerprint density at radius 1 is 0.632 bits per heavy atom. The van der Waals surface area contributed by atoms with E-state index in [2.05, 4.69) is 67.6 Å². The summed E-state index contributed by atoms with van der Waals surface area (Å²) in [7, 11) is 0. The van der Waals surface area contributed by atoms with Gasteiger partial charge in [0.2, 0.25) is 0 Å². The second kappa shape index (κ2) is 8.17. The molecule has 3 aromatic carbocycles. The molecule has 196 valence electrons. The van der Waals surface area contributed by atoms with Crippen LogP contribution in [-0.4, -0.2) is 11.9 Å². The summed E-state index contributed by atoms with van der Waals surface area (Å²) < 4.78 is 13.6. The van der Waals surface area contributed by atoms with Crippen molar-refractivity contribution in [3.05, 3.63) is 104 Å². The van der Waals surface area contributed by atoms with Crippen LogP contribution < -0.4 is 0 Å². The molecule has 6 aliphatic carbocycles. The first-order chi connectivity index (χ1) is 18.2. The fourth-order valence-electron chi connectivity index (χ4n) is 7.99. The molecule has 6 aliphatic rings. The first-order valence-corrected chi connectivity index (χ1v) is 16.4. The molecule has 3 aromatic rings. The van der Waals surface area contributed by atoms with Crippen molar-refractivity contribution >= 4 is 32.6 Å². The third kappa shape index (κ3) is 3.39. The van der Waals surface area contributed by atoms with E-state index in [0.717, 1.165) is 58.8 Å². The van der Waals surface area contributed by atoms with Gasteiger partial charge in [0, 0.05) is 0 Å². The molecule has 0 unspecified atom stereocenters. The molecule has 0 heterocycles. The number of halogens is 1. The minimum atomic E-state index is -3.04. The van der Waals surface area contributed by atoms with Crippen molar-refractivity contribution in [3.8, 4) is 0 Å². The normalized spacial score (nSPS) is 32.0. The van der Waals surface area contributed by atoms with Gasteiger partial charge in [0.1, 0.15) is 0 Å². The Kier molecular flexibility index (Phi) is 5.24. The third-order valence-electron chi connectivity index (χ3n) is 9.71. The van der Waals surface area contributed by atoms with Gasteiger partial charge < -0.3 is 0 Å². The van der Waals surface area contributed by atoms with E-state index in [0.29, 0.717) is 0 Å². The van der Waals surface area contributed by atoms with E-state index in [9.17, 15) is 9.59 Å². The quantitative estimate of drug-likeness (QED) is 0.258. The molecule has 0 spiro atoms. The molecule has 6 fully saturated rings.